The molecule has 4 nitrogen and oxygen atoms in total. The average Bonchev–Trinajstić information content (AvgIpc) is 2.39. The van der Waals surface area contributed by atoms with Gasteiger partial charge in [0, 0.05) is 17.7 Å². The van der Waals surface area contributed by atoms with Crippen molar-refractivity contribution in [3.05, 3.63) is 29.6 Å². The fourth-order valence-electron chi connectivity index (χ4n) is 3.25. The van der Waals surface area contributed by atoms with Gasteiger partial charge >= 0.3 is 6.03 Å². The molecule has 1 aromatic carbocycles. The number of benzene rings is 1. The number of hydrogen-bond donors (Lipinski definition) is 2. The van der Waals surface area contributed by atoms with Gasteiger partial charge < -0.3 is 10.1 Å². The Morgan fingerprint density at radius 1 is 1.47 bits per heavy atom. The second-order valence-electron chi connectivity index (χ2n) is 5.16. The van der Waals surface area contributed by atoms with E-state index in [2.05, 4.69) is 10.6 Å². The summed E-state index contributed by atoms with van der Waals surface area (Å²) in [7, 11) is 0. The third-order valence-corrected chi connectivity index (χ3v) is 5.23. The lowest BCUT2D eigenvalue weighted by atomic mass is 9.79. The van der Waals surface area contributed by atoms with E-state index in [0.717, 1.165) is 17.1 Å². The van der Waals surface area contributed by atoms with Crippen LogP contribution in [0.2, 0.25) is 0 Å². The lowest BCUT2D eigenvalue weighted by Crippen LogP contribution is -2.71. The van der Waals surface area contributed by atoms with Gasteiger partial charge in [-0.2, -0.15) is 11.8 Å². The molecule has 2 amide bonds. The summed E-state index contributed by atoms with van der Waals surface area (Å²) in [6.07, 6.45) is 0.708. The molecular weight excluding hydrogens is 267 g/mol. The zero-order valence-corrected chi connectivity index (χ0v) is 10.9. The third-order valence-electron chi connectivity index (χ3n) is 4.14. The summed E-state index contributed by atoms with van der Waals surface area (Å²) in [6, 6.07) is 4.49. The number of hydrogen-bond acceptors (Lipinski definition) is 3. The number of carbonyl (C=O) groups excluding carboxylic acids is 1. The number of rotatable bonds is 0. The van der Waals surface area contributed by atoms with Crippen molar-refractivity contribution in [2.75, 3.05) is 11.5 Å². The molecule has 2 N–H and O–H groups in total. The van der Waals surface area contributed by atoms with Gasteiger partial charge in [-0.05, 0) is 11.8 Å². The fraction of sp³-hybridized carbons (Fsp3) is 0.462. The van der Waals surface area contributed by atoms with Gasteiger partial charge in [-0.25, -0.2) is 9.18 Å². The first-order valence-corrected chi connectivity index (χ1v) is 7.49. The van der Waals surface area contributed by atoms with E-state index in [1.165, 1.54) is 6.07 Å². The van der Waals surface area contributed by atoms with E-state index in [9.17, 15) is 9.18 Å². The first-order chi connectivity index (χ1) is 9.20. The second-order valence-corrected chi connectivity index (χ2v) is 6.31. The van der Waals surface area contributed by atoms with Gasteiger partial charge in [0.15, 0.2) is 17.3 Å². The van der Waals surface area contributed by atoms with Gasteiger partial charge in [0.25, 0.3) is 0 Å². The molecule has 1 aromatic rings. The average molecular weight is 280 g/mol. The Labute approximate surface area is 114 Å². The Morgan fingerprint density at radius 3 is 3.26 bits per heavy atom. The number of thioether (sulfide) groups is 1. The quantitative estimate of drug-likeness (QED) is 0.764. The highest BCUT2D eigenvalue weighted by molar-refractivity contribution is 7.99. The number of fused-ring (bicyclic) bond motifs is 2. The summed E-state index contributed by atoms with van der Waals surface area (Å²) in [6.45, 7) is 0. The van der Waals surface area contributed by atoms with Crippen molar-refractivity contribution < 1.29 is 13.9 Å². The maximum atomic E-state index is 14.0. The summed E-state index contributed by atoms with van der Waals surface area (Å²) in [4.78, 5) is 11.8. The minimum Gasteiger partial charge on any atom is -0.464 e. The number of urea groups is 1. The molecule has 3 aliphatic rings. The van der Waals surface area contributed by atoms with Crippen molar-refractivity contribution in [2.24, 2.45) is 5.92 Å². The van der Waals surface area contributed by atoms with Crippen LogP contribution in [-0.2, 0) is 0 Å². The topological polar surface area (TPSA) is 50.4 Å². The number of carbonyl (C=O) groups is 1. The molecule has 3 unspecified atom stereocenters. The Hall–Kier alpha value is -1.43. The van der Waals surface area contributed by atoms with Crippen LogP contribution >= 0.6 is 11.8 Å². The summed E-state index contributed by atoms with van der Waals surface area (Å²) in [5, 5.41) is 5.79. The Bertz CT molecular complexity index is 568. The molecule has 0 aromatic heterocycles. The van der Waals surface area contributed by atoms with Gasteiger partial charge in [-0.3, -0.25) is 5.32 Å². The standard InChI is InChI=1S/C13H13FN2O2S/c14-9-3-1-2-7-10-8-6-19-5-4-13(8,18-11(7)9)16-12(17)15-10/h1-3,8,10H,4-6H2,(H2,15,16,17). The van der Waals surface area contributed by atoms with Crippen LogP contribution in [0.4, 0.5) is 9.18 Å². The molecule has 100 valence electrons. The lowest BCUT2D eigenvalue weighted by Gasteiger charge is -2.53. The first-order valence-electron chi connectivity index (χ1n) is 6.33. The zero-order chi connectivity index (χ0) is 13.0. The van der Waals surface area contributed by atoms with Crippen LogP contribution in [0.25, 0.3) is 0 Å². The van der Waals surface area contributed by atoms with E-state index in [-0.39, 0.29) is 29.6 Å². The Balaban J connectivity index is 1.90. The molecule has 2 saturated heterocycles. The van der Waals surface area contributed by atoms with Crippen molar-refractivity contribution in [3.8, 4) is 5.75 Å². The number of ether oxygens (including phenoxy) is 1. The summed E-state index contributed by atoms with van der Waals surface area (Å²) >= 11 is 1.85. The molecule has 0 radical (unpaired) electrons. The minimum absolute atomic E-state index is 0.137. The molecule has 4 rings (SSSR count). The zero-order valence-electron chi connectivity index (χ0n) is 10.1. The van der Waals surface area contributed by atoms with Crippen molar-refractivity contribution >= 4 is 17.8 Å². The molecule has 6 heteroatoms. The summed E-state index contributed by atoms with van der Waals surface area (Å²) < 4.78 is 19.9. The molecule has 3 atom stereocenters. The maximum absolute atomic E-state index is 14.0. The van der Waals surface area contributed by atoms with Gasteiger partial charge in [0.1, 0.15) is 0 Å². The van der Waals surface area contributed by atoms with Crippen molar-refractivity contribution in [3.63, 3.8) is 0 Å². The molecule has 3 aliphatic heterocycles. The fourth-order valence-corrected chi connectivity index (χ4v) is 4.58. The molecule has 2 fully saturated rings. The maximum Gasteiger partial charge on any atom is 0.318 e. The van der Waals surface area contributed by atoms with Crippen molar-refractivity contribution in [2.45, 2.75) is 18.2 Å². The SMILES string of the molecule is O=C1NC2c3cccc(F)c3OC3(CCSCC23)N1. The molecule has 3 heterocycles. The van der Waals surface area contributed by atoms with E-state index in [0.29, 0.717) is 6.42 Å². The molecule has 0 spiro atoms. The Kier molecular flexibility index (Phi) is 2.27. The molecule has 19 heavy (non-hydrogen) atoms. The van der Waals surface area contributed by atoms with E-state index in [1.54, 1.807) is 6.07 Å². The van der Waals surface area contributed by atoms with E-state index < -0.39 is 5.72 Å². The number of amides is 2. The second kappa shape index (κ2) is 3.79. The lowest BCUT2D eigenvalue weighted by molar-refractivity contribution is -0.0576. The van der Waals surface area contributed by atoms with Gasteiger partial charge in [0.2, 0.25) is 0 Å². The predicted molar refractivity (Wildman–Crippen MR) is 69.6 cm³/mol. The van der Waals surface area contributed by atoms with E-state index >= 15 is 0 Å². The third kappa shape index (κ3) is 1.49. The highest BCUT2D eigenvalue weighted by Crippen LogP contribution is 2.50. The highest BCUT2D eigenvalue weighted by atomic mass is 32.2. The smallest absolute Gasteiger partial charge is 0.318 e. The molecule has 0 saturated carbocycles. The predicted octanol–water partition coefficient (Wildman–Crippen LogP) is 2.02. The van der Waals surface area contributed by atoms with Crippen molar-refractivity contribution in [1.82, 2.24) is 10.6 Å². The summed E-state index contributed by atoms with van der Waals surface area (Å²) in [5.74, 6) is 1.86. The van der Waals surface area contributed by atoms with E-state index in [1.807, 2.05) is 17.8 Å². The van der Waals surface area contributed by atoms with Gasteiger partial charge in [-0.1, -0.05) is 12.1 Å². The Morgan fingerprint density at radius 2 is 2.37 bits per heavy atom. The molecular formula is C13H13FN2O2S. The summed E-state index contributed by atoms with van der Waals surface area (Å²) in [5.41, 5.74) is 0.00551. The molecule has 2 bridgehead atoms. The van der Waals surface area contributed by atoms with Crippen molar-refractivity contribution in [1.29, 1.82) is 0 Å². The van der Waals surface area contributed by atoms with Gasteiger partial charge in [-0.15, -0.1) is 0 Å². The van der Waals surface area contributed by atoms with E-state index in [4.69, 9.17) is 4.74 Å². The van der Waals surface area contributed by atoms with Crippen LogP contribution in [-0.4, -0.2) is 23.3 Å². The van der Waals surface area contributed by atoms with Crippen LogP contribution in [0, 0.1) is 11.7 Å². The number of nitrogens with one attached hydrogen (secondary N) is 2. The number of halogens is 1. The number of para-hydroxylation sites is 1. The van der Waals surface area contributed by atoms with Crippen LogP contribution in [0.1, 0.15) is 18.0 Å². The largest absolute Gasteiger partial charge is 0.464 e. The van der Waals surface area contributed by atoms with Crippen LogP contribution < -0.4 is 15.4 Å². The van der Waals surface area contributed by atoms with Gasteiger partial charge in [0.05, 0.1) is 12.0 Å². The monoisotopic (exact) mass is 280 g/mol. The molecule has 0 aliphatic carbocycles. The van der Waals surface area contributed by atoms with Crippen LogP contribution in [0.3, 0.4) is 0 Å². The van der Waals surface area contributed by atoms with Crippen LogP contribution in [0.15, 0.2) is 18.2 Å². The highest BCUT2D eigenvalue weighted by Gasteiger charge is 2.56. The van der Waals surface area contributed by atoms with Crippen LogP contribution in [0.5, 0.6) is 5.75 Å². The first kappa shape index (κ1) is 11.4. The minimum atomic E-state index is -0.743. The normalized spacial score (nSPS) is 35.3.